The molecule has 2 unspecified atom stereocenters. The molecule has 0 fully saturated rings. The van der Waals surface area contributed by atoms with Crippen LogP contribution in [0, 0.1) is 0 Å². The van der Waals surface area contributed by atoms with Crippen molar-refractivity contribution in [1.82, 2.24) is 30.0 Å². The lowest BCUT2D eigenvalue weighted by molar-refractivity contribution is -0.0296. The number of nitrogens with zero attached hydrogens (tertiary/aromatic N) is 6. The number of aromatic nitrogens is 6. The fourth-order valence-corrected chi connectivity index (χ4v) is 3.71. The first kappa shape index (κ1) is 18.4. The molecule has 5 aromatic rings. The van der Waals surface area contributed by atoms with E-state index in [0.717, 1.165) is 27.6 Å². The fraction of sp³-hybridized carbons (Fsp3) is 0.217. The lowest BCUT2D eigenvalue weighted by atomic mass is 10.2. The Morgan fingerprint density at radius 2 is 1.30 bits per heavy atom. The molecule has 0 radical (unpaired) electrons. The van der Waals surface area contributed by atoms with Crippen LogP contribution >= 0.6 is 0 Å². The quantitative estimate of drug-likeness (QED) is 0.402. The molecular weight excluding hydrogens is 376 g/mol. The van der Waals surface area contributed by atoms with E-state index in [1.54, 1.807) is 0 Å². The maximum Gasteiger partial charge on any atom is 0.155 e. The van der Waals surface area contributed by atoms with Gasteiger partial charge < -0.3 is 4.74 Å². The first-order valence-electron chi connectivity index (χ1n) is 10.0. The molecule has 7 nitrogen and oxygen atoms in total. The number of para-hydroxylation sites is 2. The number of rotatable bonds is 7. The van der Waals surface area contributed by atoms with Crippen LogP contribution in [-0.4, -0.2) is 30.0 Å². The highest BCUT2D eigenvalue weighted by Gasteiger charge is 2.22. The van der Waals surface area contributed by atoms with Gasteiger partial charge in [-0.1, -0.05) is 65.0 Å². The van der Waals surface area contributed by atoms with Gasteiger partial charge in [0.15, 0.2) is 6.23 Å². The van der Waals surface area contributed by atoms with Gasteiger partial charge in [0, 0.05) is 6.42 Å². The van der Waals surface area contributed by atoms with E-state index < -0.39 is 0 Å². The molecule has 0 bridgehead atoms. The molecular formula is C23H22N6O. The molecule has 150 valence electrons. The van der Waals surface area contributed by atoms with Gasteiger partial charge in [-0.3, -0.25) is 0 Å². The molecule has 0 N–H and O–H groups in total. The summed E-state index contributed by atoms with van der Waals surface area (Å²) in [5.41, 5.74) is 4.81. The van der Waals surface area contributed by atoms with E-state index in [0.29, 0.717) is 13.0 Å². The van der Waals surface area contributed by atoms with Crippen LogP contribution < -0.4 is 0 Å². The number of benzene rings is 3. The minimum absolute atomic E-state index is 0.0566. The molecule has 0 aliphatic rings. The van der Waals surface area contributed by atoms with Crippen molar-refractivity contribution < 1.29 is 4.74 Å². The van der Waals surface area contributed by atoms with E-state index in [9.17, 15) is 0 Å². The Labute approximate surface area is 173 Å². The van der Waals surface area contributed by atoms with Crippen LogP contribution in [0.1, 0.15) is 31.2 Å². The number of fused-ring (bicyclic) bond motifs is 2. The summed E-state index contributed by atoms with van der Waals surface area (Å²) < 4.78 is 10.2. The predicted molar refractivity (Wildman–Crippen MR) is 115 cm³/mol. The molecule has 0 saturated heterocycles. The van der Waals surface area contributed by atoms with Crippen molar-refractivity contribution in [3.05, 3.63) is 84.4 Å². The van der Waals surface area contributed by atoms with Crippen molar-refractivity contribution in [2.24, 2.45) is 0 Å². The van der Waals surface area contributed by atoms with Gasteiger partial charge in [0.1, 0.15) is 11.0 Å². The van der Waals surface area contributed by atoms with Crippen LogP contribution in [0.3, 0.4) is 0 Å². The van der Waals surface area contributed by atoms with Crippen molar-refractivity contribution in [2.75, 3.05) is 0 Å². The van der Waals surface area contributed by atoms with Gasteiger partial charge in [-0.25, -0.2) is 9.36 Å². The molecule has 0 saturated carbocycles. The Bertz CT molecular complexity index is 1260. The Hall–Kier alpha value is -3.58. The second kappa shape index (κ2) is 8.04. The van der Waals surface area contributed by atoms with Gasteiger partial charge in [0.2, 0.25) is 0 Å². The maximum absolute atomic E-state index is 6.36. The molecule has 30 heavy (non-hydrogen) atoms. The molecule has 0 amide bonds. The first-order valence-corrected chi connectivity index (χ1v) is 10.0. The van der Waals surface area contributed by atoms with Gasteiger partial charge in [-0.15, -0.1) is 10.2 Å². The molecule has 0 aliphatic heterocycles. The van der Waals surface area contributed by atoms with Crippen LogP contribution in [0.5, 0.6) is 0 Å². The Kier molecular flexibility index (Phi) is 4.94. The average Bonchev–Trinajstić information content (AvgIpc) is 3.42. The number of hydrogen-bond donors (Lipinski definition) is 0. The molecule has 0 spiro atoms. The lowest BCUT2D eigenvalue weighted by Crippen LogP contribution is -2.20. The summed E-state index contributed by atoms with van der Waals surface area (Å²) in [6, 6.07) is 26.1. The zero-order valence-corrected chi connectivity index (χ0v) is 16.7. The minimum Gasteiger partial charge on any atom is -0.352 e. The second-order valence-electron chi connectivity index (χ2n) is 7.38. The Morgan fingerprint density at radius 3 is 2.00 bits per heavy atom. The van der Waals surface area contributed by atoms with Gasteiger partial charge in [0.25, 0.3) is 0 Å². The van der Waals surface area contributed by atoms with Crippen molar-refractivity contribution in [2.45, 2.75) is 32.2 Å². The summed E-state index contributed by atoms with van der Waals surface area (Å²) in [6.07, 6.45) is 0.378. The van der Waals surface area contributed by atoms with Gasteiger partial charge in [-0.2, -0.15) is 0 Å². The van der Waals surface area contributed by atoms with Crippen LogP contribution in [0.15, 0.2) is 78.9 Å². The maximum atomic E-state index is 6.36. The SMILES string of the molecule is CC(CC(OCc1ccccc1)n1nnc2ccccc21)n1nnc2ccccc21. The summed E-state index contributed by atoms with van der Waals surface area (Å²) in [5, 5.41) is 17.4. The third-order valence-corrected chi connectivity index (χ3v) is 5.27. The molecule has 2 heterocycles. The van der Waals surface area contributed by atoms with Crippen LogP contribution in [0.4, 0.5) is 0 Å². The van der Waals surface area contributed by atoms with E-state index in [1.807, 2.05) is 76.1 Å². The summed E-state index contributed by atoms with van der Waals surface area (Å²) in [7, 11) is 0. The van der Waals surface area contributed by atoms with E-state index in [-0.39, 0.29) is 12.3 Å². The number of ether oxygens (including phenoxy) is 1. The first-order chi connectivity index (χ1) is 14.8. The normalized spacial score (nSPS) is 13.6. The fourth-order valence-electron chi connectivity index (χ4n) is 3.71. The summed E-state index contributed by atoms with van der Waals surface area (Å²) in [5.74, 6) is 0. The van der Waals surface area contributed by atoms with E-state index >= 15 is 0 Å². The van der Waals surface area contributed by atoms with E-state index in [2.05, 4.69) is 39.7 Å². The van der Waals surface area contributed by atoms with Crippen molar-refractivity contribution in [3.63, 3.8) is 0 Å². The highest BCUT2D eigenvalue weighted by atomic mass is 16.5. The van der Waals surface area contributed by atoms with Gasteiger partial charge >= 0.3 is 0 Å². The summed E-state index contributed by atoms with van der Waals surface area (Å²) in [6.45, 7) is 2.61. The lowest BCUT2D eigenvalue weighted by Gasteiger charge is -2.22. The zero-order chi connectivity index (χ0) is 20.3. The average molecular weight is 398 g/mol. The van der Waals surface area contributed by atoms with E-state index in [1.165, 1.54) is 0 Å². The topological polar surface area (TPSA) is 70.7 Å². The van der Waals surface area contributed by atoms with Gasteiger partial charge in [-0.05, 0) is 36.8 Å². The van der Waals surface area contributed by atoms with Crippen molar-refractivity contribution >= 4 is 22.1 Å². The second-order valence-corrected chi connectivity index (χ2v) is 7.38. The molecule has 3 aromatic carbocycles. The summed E-state index contributed by atoms with van der Waals surface area (Å²) in [4.78, 5) is 0. The van der Waals surface area contributed by atoms with E-state index in [4.69, 9.17) is 4.74 Å². The minimum atomic E-state index is -0.296. The molecule has 7 heteroatoms. The molecule has 2 atom stereocenters. The number of hydrogen-bond acceptors (Lipinski definition) is 5. The van der Waals surface area contributed by atoms with Crippen LogP contribution in [-0.2, 0) is 11.3 Å². The molecule has 2 aromatic heterocycles. The van der Waals surface area contributed by atoms with Gasteiger partial charge in [0.05, 0.1) is 23.7 Å². The van der Waals surface area contributed by atoms with Crippen LogP contribution in [0.25, 0.3) is 22.1 Å². The highest BCUT2D eigenvalue weighted by Crippen LogP contribution is 2.27. The third-order valence-electron chi connectivity index (χ3n) is 5.27. The Balaban J connectivity index is 1.45. The molecule has 0 aliphatic carbocycles. The highest BCUT2D eigenvalue weighted by molar-refractivity contribution is 5.74. The van der Waals surface area contributed by atoms with Crippen LogP contribution in [0.2, 0.25) is 0 Å². The standard InChI is InChI=1S/C23H22N6O/c1-17(28-21-13-7-5-11-19(21)24-26-28)15-23(30-16-18-9-3-2-4-10-18)29-22-14-8-6-12-20(22)25-27-29/h2-14,17,23H,15-16H2,1H3. The summed E-state index contributed by atoms with van der Waals surface area (Å²) >= 11 is 0. The smallest absolute Gasteiger partial charge is 0.155 e. The van der Waals surface area contributed by atoms with Crippen molar-refractivity contribution in [3.8, 4) is 0 Å². The zero-order valence-electron chi connectivity index (χ0n) is 16.7. The largest absolute Gasteiger partial charge is 0.352 e. The third kappa shape index (κ3) is 3.55. The Morgan fingerprint density at radius 1 is 0.733 bits per heavy atom. The molecule has 5 rings (SSSR count). The van der Waals surface area contributed by atoms with Crippen molar-refractivity contribution in [1.29, 1.82) is 0 Å². The monoisotopic (exact) mass is 398 g/mol. The predicted octanol–water partition coefficient (Wildman–Crippen LogP) is 4.54.